The van der Waals surface area contributed by atoms with E-state index in [1.165, 1.54) is 0 Å². The maximum atomic E-state index is 12.6. The third-order valence-corrected chi connectivity index (χ3v) is 3.79. The molecule has 2 heterocycles. The van der Waals surface area contributed by atoms with Crippen LogP contribution < -0.4 is 11.1 Å². The number of nitrogens with two attached hydrogens (primary N) is 1. The first-order chi connectivity index (χ1) is 12.9. The molecule has 3 N–H and O–H groups in total. The Morgan fingerprint density at radius 2 is 1.54 bits per heavy atom. The third kappa shape index (κ3) is 5.73. The minimum Gasteiger partial charge on any atom is -0.458 e. The molecule has 0 radical (unpaired) electrons. The predicted molar refractivity (Wildman–Crippen MR) is 106 cm³/mol. The second-order valence-electron chi connectivity index (χ2n) is 8.57. The molecule has 150 valence electrons. The fraction of sp³-hybridized carbons (Fsp3) is 0.450. The van der Waals surface area contributed by atoms with Crippen LogP contribution in [0.25, 0.3) is 11.1 Å². The number of aromatic nitrogens is 3. The average Bonchev–Trinajstić information content (AvgIpc) is 2.57. The van der Waals surface area contributed by atoms with Crippen LogP contribution in [0, 0.1) is 5.41 Å². The molecule has 0 fully saturated rings. The predicted octanol–water partition coefficient (Wildman–Crippen LogP) is 2.61. The highest BCUT2D eigenvalue weighted by Crippen LogP contribution is 2.23. The van der Waals surface area contributed by atoms with Gasteiger partial charge >= 0.3 is 5.97 Å². The molecular weight excluding hydrogens is 358 g/mol. The summed E-state index contributed by atoms with van der Waals surface area (Å²) in [5.41, 5.74) is 5.98. The van der Waals surface area contributed by atoms with Gasteiger partial charge in [0.1, 0.15) is 17.3 Å². The Balaban J connectivity index is 2.17. The number of nitrogens with zero attached hydrogens (tertiary/aromatic N) is 3. The van der Waals surface area contributed by atoms with Crippen molar-refractivity contribution in [2.24, 2.45) is 5.41 Å². The maximum absolute atomic E-state index is 12.6. The summed E-state index contributed by atoms with van der Waals surface area (Å²) in [7, 11) is 0. The van der Waals surface area contributed by atoms with Gasteiger partial charge in [-0.3, -0.25) is 9.78 Å². The van der Waals surface area contributed by atoms with Crippen LogP contribution in [-0.4, -0.2) is 38.5 Å². The van der Waals surface area contributed by atoms with Crippen molar-refractivity contribution >= 4 is 17.8 Å². The zero-order valence-electron chi connectivity index (χ0n) is 17.1. The molecule has 0 aliphatic rings. The number of nitrogen functional groups attached to an aromatic ring is 1. The number of hydrogen-bond acceptors (Lipinski definition) is 7. The molecule has 2 rings (SSSR count). The highest BCUT2D eigenvalue weighted by atomic mass is 16.6. The summed E-state index contributed by atoms with van der Waals surface area (Å²) in [5.74, 6) is -0.752. The van der Waals surface area contributed by atoms with Crippen LogP contribution in [0.15, 0.2) is 30.7 Å². The summed E-state index contributed by atoms with van der Waals surface area (Å²) in [6.45, 7) is 10.9. The highest BCUT2D eigenvalue weighted by Gasteiger charge is 2.36. The van der Waals surface area contributed by atoms with E-state index in [1.807, 2.05) is 20.8 Å². The van der Waals surface area contributed by atoms with E-state index in [1.54, 1.807) is 51.5 Å². The number of pyridine rings is 1. The number of rotatable bonds is 4. The van der Waals surface area contributed by atoms with E-state index in [4.69, 9.17) is 10.5 Å². The van der Waals surface area contributed by atoms with Crippen LogP contribution in [0.4, 0.5) is 5.95 Å². The lowest BCUT2D eigenvalue weighted by atomic mass is 9.86. The summed E-state index contributed by atoms with van der Waals surface area (Å²) in [6.07, 6.45) is 4.71. The topological polar surface area (TPSA) is 120 Å². The van der Waals surface area contributed by atoms with E-state index in [0.717, 1.165) is 11.1 Å². The number of carbonyl (C=O) groups is 2. The van der Waals surface area contributed by atoms with Gasteiger partial charge in [0.05, 0.1) is 0 Å². The summed E-state index contributed by atoms with van der Waals surface area (Å²) in [5, 5.41) is 2.75. The van der Waals surface area contributed by atoms with Gasteiger partial charge in [0, 0.05) is 29.7 Å². The molecule has 0 spiro atoms. The third-order valence-electron chi connectivity index (χ3n) is 3.79. The lowest BCUT2D eigenvalue weighted by Gasteiger charge is -2.32. The number of esters is 1. The van der Waals surface area contributed by atoms with Crippen LogP contribution in [0.3, 0.4) is 0 Å². The molecule has 2 aromatic rings. The van der Waals surface area contributed by atoms with Crippen LogP contribution >= 0.6 is 0 Å². The molecule has 0 saturated carbocycles. The largest absolute Gasteiger partial charge is 0.458 e. The van der Waals surface area contributed by atoms with E-state index in [0.29, 0.717) is 0 Å². The number of carbonyl (C=O) groups excluding carboxylic acids is 2. The fourth-order valence-electron chi connectivity index (χ4n) is 2.38. The molecule has 0 aliphatic heterocycles. The maximum Gasteiger partial charge on any atom is 0.329 e. The first kappa shape index (κ1) is 21.3. The molecule has 1 atom stereocenters. The summed E-state index contributed by atoms with van der Waals surface area (Å²) in [6, 6.07) is 2.50. The molecule has 8 nitrogen and oxygen atoms in total. The Hall–Kier alpha value is -3.03. The number of anilines is 1. The minimum absolute atomic E-state index is 0.183. The van der Waals surface area contributed by atoms with Crippen molar-refractivity contribution < 1.29 is 14.3 Å². The van der Waals surface area contributed by atoms with E-state index in [-0.39, 0.29) is 11.6 Å². The second kappa shape index (κ2) is 7.92. The zero-order valence-corrected chi connectivity index (χ0v) is 17.1. The van der Waals surface area contributed by atoms with Crippen molar-refractivity contribution in [2.45, 2.75) is 53.2 Å². The molecule has 28 heavy (non-hydrogen) atoms. The number of nitrogens with one attached hydrogen (secondary N) is 1. The first-order valence-electron chi connectivity index (χ1n) is 8.94. The number of hydrogen-bond donors (Lipinski definition) is 2. The first-order valence-corrected chi connectivity index (χ1v) is 8.94. The average molecular weight is 385 g/mol. The molecule has 1 amide bonds. The van der Waals surface area contributed by atoms with Crippen LogP contribution in [0.1, 0.15) is 52.0 Å². The quantitative estimate of drug-likeness (QED) is 0.776. The van der Waals surface area contributed by atoms with Gasteiger partial charge in [-0.15, -0.1) is 0 Å². The monoisotopic (exact) mass is 385 g/mol. The summed E-state index contributed by atoms with van der Waals surface area (Å²) in [4.78, 5) is 37.3. The molecule has 2 aromatic heterocycles. The number of ether oxygens (including phenoxy) is 1. The fourth-order valence-corrected chi connectivity index (χ4v) is 2.38. The van der Waals surface area contributed by atoms with Crippen molar-refractivity contribution in [3.05, 3.63) is 36.4 Å². The Labute approximate surface area is 164 Å². The van der Waals surface area contributed by atoms with Gasteiger partial charge in [-0.25, -0.2) is 14.8 Å². The molecule has 0 unspecified atom stereocenters. The van der Waals surface area contributed by atoms with E-state index < -0.39 is 28.9 Å². The Morgan fingerprint density at radius 1 is 0.964 bits per heavy atom. The van der Waals surface area contributed by atoms with E-state index >= 15 is 0 Å². The molecule has 0 saturated heterocycles. The van der Waals surface area contributed by atoms with Crippen molar-refractivity contribution in [3.8, 4) is 11.1 Å². The smallest absolute Gasteiger partial charge is 0.329 e. The number of amides is 1. The van der Waals surface area contributed by atoms with Gasteiger partial charge in [0.15, 0.2) is 0 Å². The Morgan fingerprint density at radius 3 is 2.00 bits per heavy atom. The second-order valence-corrected chi connectivity index (χ2v) is 8.57. The van der Waals surface area contributed by atoms with Gasteiger partial charge in [0.2, 0.25) is 5.95 Å². The van der Waals surface area contributed by atoms with Gasteiger partial charge < -0.3 is 15.8 Å². The minimum atomic E-state index is -0.814. The summed E-state index contributed by atoms with van der Waals surface area (Å²) < 4.78 is 5.45. The normalized spacial score (nSPS) is 12.9. The molecule has 0 aliphatic carbocycles. The zero-order chi connectivity index (χ0) is 21.1. The standard InChI is InChI=1S/C20H27N5O3/c1-19(2,3)15(17(27)28-20(4,5)6)25-16(26)14-8-7-12(9-22-14)13-10-23-18(21)24-11-13/h7-11,15H,1-6H3,(H,25,26)(H2,21,23,24)/t15-/m1/s1. The summed E-state index contributed by atoms with van der Waals surface area (Å²) >= 11 is 0. The van der Waals surface area contributed by atoms with Gasteiger partial charge in [-0.2, -0.15) is 0 Å². The SMILES string of the molecule is CC(C)(C)OC(=O)[C@@H](NC(=O)c1ccc(-c2cnc(N)nc2)cn1)C(C)(C)C. The highest BCUT2D eigenvalue weighted by molar-refractivity contribution is 5.95. The van der Waals surface area contributed by atoms with E-state index in [2.05, 4.69) is 20.3 Å². The van der Waals surface area contributed by atoms with E-state index in [9.17, 15) is 9.59 Å². The van der Waals surface area contributed by atoms with Gasteiger partial charge in [-0.05, 0) is 32.3 Å². The van der Waals surface area contributed by atoms with Crippen LogP contribution in [-0.2, 0) is 9.53 Å². The van der Waals surface area contributed by atoms with Gasteiger partial charge in [-0.1, -0.05) is 26.8 Å². The van der Waals surface area contributed by atoms with Gasteiger partial charge in [0.25, 0.3) is 5.91 Å². The van der Waals surface area contributed by atoms with Crippen LogP contribution in [0.2, 0.25) is 0 Å². The van der Waals surface area contributed by atoms with Crippen LogP contribution in [0.5, 0.6) is 0 Å². The Bertz CT molecular complexity index is 834. The van der Waals surface area contributed by atoms with Crippen molar-refractivity contribution in [1.82, 2.24) is 20.3 Å². The van der Waals surface area contributed by atoms with Crippen molar-refractivity contribution in [2.75, 3.05) is 5.73 Å². The lowest BCUT2D eigenvalue weighted by molar-refractivity contribution is -0.160. The Kier molecular flexibility index (Phi) is 6.01. The van der Waals surface area contributed by atoms with Crippen molar-refractivity contribution in [3.63, 3.8) is 0 Å². The lowest BCUT2D eigenvalue weighted by Crippen LogP contribution is -2.51. The molecular formula is C20H27N5O3. The van der Waals surface area contributed by atoms with Crippen molar-refractivity contribution in [1.29, 1.82) is 0 Å². The molecule has 8 heteroatoms. The molecule has 0 aromatic carbocycles. The molecule has 0 bridgehead atoms.